The van der Waals surface area contributed by atoms with Gasteiger partial charge in [0.15, 0.2) is 0 Å². The molecule has 0 aliphatic rings. The van der Waals surface area contributed by atoms with E-state index >= 15 is 0 Å². The molecule has 0 radical (unpaired) electrons. The van der Waals surface area contributed by atoms with E-state index in [1.807, 2.05) is 23.8 Å². The fourth-order valence-electron chi connectivity index (χ4n) is 1.52. The maximum atomic E-state index is 5.86. The molecule has 2 heterocycles. The first-order valence-electron chi connectivity index (χ1n) is 4.66. The monoisotopic (exact) mass is 220 g/mol. The van der Waals surface area contributed by atoms with Crippen LogP contribution in [0.1, 0.15) is 12.6 Å². The Morgan fingerprint density at radius 3 is 2.73 bits per heavy atom. The summed E-state index contributed by atoms with van der Waals surface area (Å²) in [4.78, 5) is 8.19. The molecule has 0 atom stereocenters. The first-order valence-corrected chi connectivity index (χ1v) is 5.61. The van der Waals surface area contributed by atoms with E-state index in [1.165, 1.54) is 0 Å². The van der Waals surface area contributed by atoms with Gasteiger partial charge < -0.3 is 11.5 Å². The minimum atomic E-state index is 0.239. The molecular formula is C10H12N4S. The molecular weight excluding hydrogens is 208 g/mol. The second-order valence-electron chi connectivity index (χ2n) is 3.15. The molecule has 78 valence electrons. The highest BCUT2D eigenvalue weighted by Crippen LogP contribution is 2.29. The standard InChI is InChI=1S/C10H12N4S/c1-2-7-8(6-3-4-15-5-6)9(11)14-10(12)13-7/h3-5H,2H2,1H3,(H4,11,12,13,14). The third-order valence-electron chi connectivity index (χ3n) is 2.17. The smallest absolute Gasteiger partial charge is 0.222 e. The zero-order valence-electron chi connectivity index (χ0n) is 8.40. The fraction of sp³-hybridized carbons (Fsp3) is 0.200. The summed E-state index contributed by atoms with van der Waals surface area (Å²) in [5, 5.41) is 4.04. The Labute approximate surface area is 92.0 Å². The summed E-state index contributed by atoms with van der Waals surface area (Å²) in [5.41, 5.74) is 14.3. The van der Waals surface area contributed by atoms with Crippen LogP contribution in [0.2, 0.25) is 0 Å². The van der Waals surface area contributed by atoms with Crippen molar-refractivity contribution in [1.82, 2.24) is 9.97 Å². The molecule has 0 bridgehead atoms. The van der Waals surface area contributed by atoms with Crippen molar-refractivity contribution < 1.29 is 0 Å². The van der Waals surface area contributed by atoms with Gasteiger partial charge in [-0.3, -0.25) is 0 Å². The second kappa shape index (κ2) is 3.86. The van der Waals surface area contributed by atoms with Crippen LogP contribution in [0.3, 0.4) is 0 Å². The molecule has 0 saturated carbocycles. The van der Waals surface area contributed by atoms with Gasteiger partial charge in [-0.05, 0) is 28.8 Å². The van der Waals surface area contributed by atoms with Gasteiger partial charge >= 0.3 is 0 Å². The zero-order chi connectivity index (χ0) is 10.8. The Morgan fingerprint density at radius 2 is 2.13 bits per heavy atom. The van der Waals surface area contributed by atoms with Crippen molar-refractivity contribution in [2.45, 2.75) is 13.3 Å². The van der Waals surface area contributed by atoms with E-state index in [1.54, 1.807) is 11.3 Å². The summed E-state index contributed by atoms with van der Waals surface area (Å²) in [6.45, 7) is 2.02. The lowest BCUT2D eigenvalue weighted by Gasteiger charge is -2.08. The number of hydrogen-bond acceptors (Lipinski definition) is 5. The largest absolute Gasteiger partial charge is 0.383 e. The van der Waals surface area contributed by atoms with Crippen molar-refractivity contribution in [2.24, 2.45) is 0 Å². The van der Waals surface area contributed by atoms with Crippen molar-refractivity contribution in [3.05, 3.63) is 22.5 Å². The SMILES string of the molecule is CCc1nc(N)nc(N)c1-c1ccsc1. The van der Waals surface area contributed by atoms with Gasteiger partial charge in [0.1, 0.15) is 5.82 Å². The number of hydrogen-bond donors (Lipinski definition) is 2. The van der Waals surface area contributed by atoms with Gasteiger partial charge in [0.05, 0.1) is 5.69 Å². The predicted molar refractivity (Wildman–Crippen MR) is 63.5 cm³/mol. The van der Waals surface area contributed by atoms with Crippen LogP contribution < -0.4 is 11.5 Å². The summed E-state index contributed by atoms with van der Waals surface area (Å²) in [7, 11) is 0. The minimum absolute atomic E-state index is 0.239. The van der Waals surface area contributed by atoms with Gasteiger partial charge in [0.2, 0.25) is 5.95 Å². The maximum Gasteiger partial charge on any atom is 0.222 e. The highest BCUT2D eigenvalue weighted by molar-refractivity contribution is 7.08. The van der Waals surface area contributed by atoms with E-state index < -0.39 is 0 Å². The number of nitrogens with two attached hydrogens (primary N) is 2. The Morgan fingerprint density at radius 1 is 1.33 bits per heavy atom. The summed E-state index contributed by atoms with van der Waals surface area (Å²) >= 11 is 1.62. The zero-order valence-corrected chi connectivity index (χ0v) is 9.21. The first kappa shape index (κ1) is 9.92. The molecule has 4 nitrogen and oxygen atoms in total. The number of aromatic nitrogens is 2. The van der Waals surface area contributed by atoms with E-state index in [9.17, 15) is 0 Å². The lowest BCUT2D eigenvalue weighted by atomic mass is 10.1. The normalized spacial score (nSPS) is 10.5. The van der Waals surface area contributed by atoms with Gasteiger partial charge in [0.25, 0.3) is 0 Å². The number of nitrogen functional groups attached to an aromatic ring is 2. The van der Waals surface area contributed by atoms with Crippen molar-refractivity contribution in [3.63, 3.8) is 0 Å². The van der Waals surface area contributed by atoms with E-state index in [-0.39, 0.29) is 5.95 Å². The fourth-order valence-corrected chi connectivity index (χ4v) is 2.17. The average Bonchev–Trinajstić information content (AvgIpc) is 2.69. The van der Waals surface area contributed by atoms with Gasteiger partial charge in [-0.1, -0.05) is 6.92 Å². The average molecular weight is 220 g/mol. The van der Waals surface area contributed by atoms with Crippen LogP contribution in [-0.2, 0) is 6.42 Å². The molecule has 2 aromatic heterocycles. The van der Waals surface area contributed by atoms with E-state index in [0.717, 1.165) is 23.2 Å². The second-order valence-corrected chi connectivity index (χ2v) is 3.93. The Hall–Kier alpha value is -1.62. The molecule has 0 aliphatic carbocycles. The number of nitrogens with zero attached hydrogens (tertiary/aromatic N) is 2. The molecule has 0 fully saturated rings. The summed E-state index contributed by atoms with van der Waals surface area (Å²) < 4.78 is 0. The van der Waals surface area contributed by atoms with E-state index in [2.05, 4.69) is 9.97 Å². The molecule has 0 aromatic carbocycles. The Kier molecular flexibility index (Phi) is 2.55. The molecule has 0 amide bonds. The number of aryl methyl sites for hydroxylation is 1. The van der Waals surface area contributed by atoms with Crippen molar-refractivity contribution in [2.75, 3.05) is 11.5 Å². The molecule has 0 saturated heterocycles. The van der Waals surface area contributed by atoms with E-state index in [0.29, 0.717) is 5.82 Å². The van der Waals surface area contributed by atoms with Crippen molar-refractivity contribution in [3.8, 4) is 11.1 Å². The molecule has 5 heteroatoms. The molecule has 2 rings (SSSR count). The molecule has 0 spiro atoms. The first-order chi connectivity index (χ1) is 7.22. The van der Waals surface area contributed by atoms with Crippen molar-refractivity contribution in [1.29, 1.82) is 0 Å². The van der Waals surface area contributed by atoms with Crippen LogP contribution in [0, 0.1) is 0 Å². The lowest BCUT2D eigenvalue weighted by molar-refractivity contribution is 1.02. The molecule has 2 aromatic rings. The minimum Gasteiger partial charge on any atom is -0.383 e. The molecule has 0 unspecified atom stereocenters. The lowest BCUT2D eigenvalue weighted by Crippen LogP contribution is -2.05. The summed E-state index contributed by atoms with van der Waals surface area (Å²) in [5.74, 6) is 0.695. The molecule has 0 aliphatic heterocycles. The van der Waals surface area contributed by atoms with Crippen LogP contribution in [0.5, 0.6) is 0 Å². The molecule has 15 heavy (non-hydrogen) atoms. The Balaban J connectivity index is 2.64. The summed E-state index contributed by atoms with van der Waals surface area (Å²) in [6, 6.07) is 2.01. The highest BCUT2D eigenvalue weighted by atomic mass is 32.1. The Bertz CT molecular complexity index is 465. The number of thiophene rings is 1. The van der Waals surface area contributed by atoms with Crippen LogP contribution in [0.15, 0.2) is 16.8 Å². The predicted octanol–water partition coefficient (Wildman–Crippen LogP) is 1.93. The van der Waals surface area contributed by atoms with E-state index in [4.69, 9.17) is 11.5 Å². The third kappa shape index (κ3) is 1.78. The van der Waals surface area contributed by atoms with Crippen LogP contribution in [0.4, 0.5) is 11.8 Å². The van der Waals surface area contributed by atoms with Crippen molar-refractivity contribution >= 4 is 23.1 Å². The number of anilines is 2. The summed E-state index contributed by atoms with van der Waals surface area (Å²) in [6.07, 6.45) is 0.794. The van der Waals surface area contributed by atoms with Gasteiger partial charge in [-0.2, -0.15) is 16.3 Å². The van der Waals surface area contributed by atoms with Gasteiger partial charge in [-0.25, -0.2) is 4.98 Å². The van der Waals surface area contributed by atoms with Gasteiger partial charge in [-0.15, -0.1) is 0 Å². The maximum absolute atomic E-state index is 5.86. The highest BCUT2D eigenvalue weighted by Gasteiger charge is 2.12. The quantitative estimate of drug-likeness (QED) is 0.810. The van der Waals surface area contributed by atoms with Crippen LogP contribution >= 0.6 is 11.3 Å². The molecule has 4 N–H and O–H groups in total. The number of rotatable bonds is 2. The topological polar surface area (TPSA) is 77.8 Å². The van der Waals surface area contributed by atoms with Crippen LogP contribution in [0.25, 0.3) is 11.1 Å². The van der Waals surface area contributed by atoms with Gasteiger partial charge in [0, 0.05) is 5.56 Å². The van der Waals surface area contributed by atoms with Crippen LogP contribution in [-0.4, -0.2) is 9.97 Å². The third-order valence-corrected chi connectivity index (χ3v) is 2.86.